The van der Waals surface area contributed by atoms with Crippen molar-refractivity contribution >= 4 is 0 Å². The van der Waals surface area contributed by atoms with Crippen LogP contribution in [0.25, 0.3) is 0 Å². The molecule has 1 N–H and O–H groups in total. The predicted molar refractivity (Wildman–Crippen MR) is 83.4 cm³/mol. The SMILES string of the molecule is CCC(CC)N(CC(C)C)CC1CC12CCNCC2. The van der Waals surface area contributed by atoms with Crippen LogP contribution in [0.1, 0.15) is 59.8 Å². The van der Waals surface area contributed by atoms with Crippen LogP contribution in [0.15, 0.2) is 0 Å². The van der Waals surface area contributed by atoms with Gasteiger partial charge in [0.15, 0.2) is 0 Å². The molecule has 1 aliphatic heterocycles. The number of hydrogen-bond acceptors (Lipinski definition) is 2. The van der Waals surface area contributed by atoms with Crippen LogP contribution < -0.4 is 5.32 Å². The number of nitrogens with one attached hydrogen (secondary N) is 1. The van der Waals surface area contributed by atoms with Gasteiger partial charge in [-0.1, -0.05) is 27.7 Å². The van der Waals surface area contributed by atoms with Crippen molar-refractivity contribution < 1.29 is 0 Å². The molecule has 0 bridgehead atoms. The normalized spacial score (nSPS) is 25.7. The summed E-state index contributed by atoms with van der Waals surface area (Å²) in [6, 6.07) is 0.807. The summed E-state index contributed by atoms with van der Waals surface area (Å²) in [4.78, 5) is 2.81. The molecule has 0 aromatic carbocycles. The van der Waals surface area contributed by atoms with E-state index < -0.39 is 0 Å². The van der Waals surface area contributed by atoms with Crippen molar-refractivity contribution in [3.05, 3.63) is 0 Å². The van der Waals surface area contributed by atoms with Crippen LogP contribution in [0.4, 0.5) is 0 Å². The van der Waals surface area contributed by atoms with Gasteiger partial charge in [-0.25, -0.2) is 0 Å². The molecule has 0 amide bonds. The van der Waals surface area contributed by atoms with Gasteiger partial charge >= 0.3 is 0 Å². The quantitative estimate of drug-likeness (QED) is 0.758. The smallest absolute Gasteiger partial charge is 0.00902 e. The van der Waals surface area contributed by atoms with Crippen molar-refractivity contribution in [1.82, 2.24) is 10.2 Å². The maximum absolute atomic E-state index is 3.52. The van der Waals surface area contributed by atoms with Gasteiger partial charge in [0.25, 0.3) is 0 Å². The Hall–Kier alpha value is -0.0800. The largest absolute Gasteiger partial charge is 0.317 e. The molecule has 1 saturated carbocycles. The summed E-state index contributed by atoms with van der Waals surface area (Å²) in [7, 11) is 0. The molecule has 0 aromatic rings. The molecule has 2 rings (SSSR count). The maximum Gasteiger partial charge on any atom is 0.00902 e. The van der Waals surface area contributed by atoms with Gasteiger partial charge in [0.05, 0.1) is 0 Å². The summed E-state index contributed by atoms with van der Waals surface area (Å²) in [6.45, 7) is 14.6. The van der Waals surface area contributed by atoms with E-state index in [4.69, 9.17) is 0 Å². The highest BCUT2D eigenvalue weighted by molar-refractivity contribution is 5.05. The fourth-order valence-electron chi connectivity index (χ4n) is 4.16. The minimum absolute atomic E-state index is 0.743. The zero-order valence-electron chi connectivity index (χ0n) is 13.5. The second-order valence-corrected chi connectivity index (χ2v) is 7.33. The second-order valence-electron chi connectivity index (χ2n) is 7.33. The van der Waals surface area contributed by atoms with E-state index in [1.807, 2.05) is 0 Å². The zero-order valence-corrected chi connectivity index (χ0v) is 13.5. The molecule has 2 heteroatoms. The number of hydrogen-bond donors (Lipinski definition) is 1. The van der Waals surface area contributed by atoms with Crippen molar-refractivity contribution in [2.24, 2.45) is 17.3 Å². The highest BCUT2D eigenvalue weighted by Crippen LogP contribution is 2.58. The summed E-state index contributed by atoms with van der Waals surface area (Å²) >= 11 is 0. The minimum Gasteiger partial charge on any atom is -0.317 e. The molecule has 2 nitrogen and oxygen atoms in total. The van der Waals surface area contributed by atoms with E-state index in [9.17, 15) is 0 Å². The molecular formula is C17H34N2. The second kappa shape index (κ2) is 6.58. The van der Waals surface area contributed by atoms with Gasteiger partial charge in [0.2, 0.25) is 0 Å². The highest BCUT2D eigenvalue weighted by Gasteiger charge is 2.54. The Kier molecular flexibility index (Phi) is 5.30. The monoisotopic (exact) mass is 266 g/mol. The van der Waals surface area contributed by atoms with Gasteiger partial charge in [-0.05, 0) is 62.4 Å². The third-order valence-corrected chi connectivity index (χ3v) is 5.47. The lowest BCUT2D eigenvalue weighted by Gasteiger charge is -2.33. The molecule has 1 unspecified atom stereocenters. The molecule has 112 valence electrons. The Morgan fingerprint density at radius 2 is 1.79 bits per heavy atom. The number of nitrogens with zero attached hydrogens (tertiary/aromatic N) is 1. The first-order chi connectivity index (χ1) is 9.11. The fraction of sp³-hybridized carbons (Fsp3) is 1.00. The van der Waals surface area contributed by atoms with E-state index in [0.717, 1.165) is 23.3 Å². The Balaban J connectivity index is 1.89. The summed E-state index contributed by atoms with van der Waals surface area (Å²) < 4.78 is 0. The molecule has 19 heavy (non-hydrogen) atoms. The Labute approximate surface area is 120 Å². The summed E-state index contributed by atoms with van der Waals surface area (Å²) in [6.07, 6.45) is 6.98. The van der Waals surface area contributed by atoms with Crippen LogP contribution in [0.5, 0.6) is 0 Å². The maximum atomic E-state index is 3.52. The summed E-state index contributed by atoms with van der Waals surface area (Å²) in [5.41, 5.74) is 0.743. The molecule has 0 aromatic heterocycles. The van der Waals surface area contributed by atoms with E-state index in [1.54, 1.807) is 0 Å². The van der Waals surface area contributed by atoms with E-state index in [1.165, 1.54) is 58.3 Å². The topological polar surface area (TPSA) is 15.3 Å². The van der Waals surface area contributed by atoms with Gasteiger partial charge in [-0.15, -0.1) is 0 Å². The lowest BCUT2D eigenvalue weighted by atomic mass is 9.91. The van der Waals surface area contributed by atoms with E-state index >= 15 is 0 Å². The van der Waals surface area contributed by atoms with Crippen molar-refractivity contribution in [3.8, 4) is 0 Å². The minimum atomic E-state index is 0.743. The third kappa shape index (κ3) is 3.72. The van der Waals surface area contributed by atoms with E-state index in [-0.39, 0.29) is 0 Å². The first kappa shape index (κ1) is 15.3. The van der Waals surface area contributed by atoms with Crippen LogP contribution >= 0.6 is 0 Å². The van der Waals surface area contributed by atoms with Gasteiger partial charge in [0.1, 0.15) is 0 Å². The van der Waals surface area contributed by atoms with Crippen LogP contribution in [0.3, 0.4) is 0 Å². The standard InChI is InChI=1S/C17H34N2/c1-5-16(6-2)19(12-14(3)4)13-15-11-17(15)7-9-18-10-8-17/h14-16,18H,5-13H2,1-4H3. The van der Waals surface area contributed by atoms with Gasteiger partial charge in [-0.2, -0.15) is 0 Å². The Bertz CT molecular complexity index is 264. The molecule has 2 fully saturated rings. The van der Waals surface area contributed by atoms with E-state index in [2.05, 4.69) is 37.9 Å². The van der Waals surface area contributed by atoms with E-state index in [0.29, 0.717) is 0 Å². The fourth-order valence-corrected chi connectivity index (χ4v) is 4.16. The van der Waals surface area contributed by atoms with Crippen molar-refractivity contribution in [2.75, 3.05) is 26.2 Å². The molecule has 1 spiro atoms. The van der Waals surface area contributed by atoms with Crippen LogP contribution in [-0.4, -0.2) is 37.1 Å². The van der Waals surface area contributed by atoms with Crippen LogP contribution in [-0.2, 0) is 0 Å². The molecule has 1 atom stereocenters. The van der Waals surface area contributed by atoms with Crippen LogP contribution in [0.2, 0.25) is 0 Å². The summed E-state index contributed by atoms with van der Waals surface area (Å²) in [5, 5.41) is 3.52. The van der Waals surface area contributed by atoms with Crippen molar-refractivity contribution in [1.29, 1.82) is 0 Å². The Morgan fingerprint density at radius 1 is 1.16 bits per heavy atom. The van der Waals surface area contributed by atoms with Gasteiger partial charge in [0, 0.05) is 19.1 Å². The average Bonchev–Trinajstić information content (AvgIpc) is 3.02. The first-order valence-corrected chi connectivity index (χ1v) is 8.56. The lowest BCUT2D eigenvalue weighted by molar-refractivity contribution is 0.146. The zero-order chi connectivity index (χ0) is 13.9. The molecule has 1 saturated heterocycles. The highest BCUT2D eigenvalue weighted by atomic mass is 15.2. The van der Waals surface area contributed by atoms with Crippen LogP contribution in [0, 0.1) is 17.3 Å². The molecule has 2 aliphatic rings. The molecular weight excluding hydrogens is 232 g/mol. The third-order valence-electron chi connectivity index (χ3n) is 5.47. The molecule has 1 heterocycles. The Morgan fingerprint density at radius 3 is 2.32 bits per heavy atom. The number of piperidine rings is 1. The molecule has 1 aliphatic carbocycles. The summed E-state index contributed by atoms with van der Waals surface area (Å²) in [5.74, 6) is 1.79. The van der Waals surface area contributed by atoms with Crippen molar-refractivity contribution in [2.45, 2.75) is 65.8 Å². The molecule has 0 radical (unpaired) electrons. The predicted octanol–water partition coefficient (Wildman–Crippen LogP) is 3.52. The number of rotatable bonds is 7. The van der Waals surface area contributed by atoms with Crippen molar-refractivity contribution in [3.63, 3.8) is 0 Å². The van der Waals surface area contributed by atoms with Gasteiger partial charge in [-0.3, -0.25) is 4.90 Å². The average molecular weight is 266 g/mol. The lowest BCUT2D eigenvalue weighted by Crippen LogP contribution is -2.40. The first-order valence-electron chi connectivity index (χ1n) is 8.56. The van der Waals surface area contributed by atoms with Gasteiger partial charge < -0.3 is 5.32 Å².